The Morgan fingerprint density at radius 2 is 2.06 bits per heavy atom. The Morgan fingerprint density at radius 1 is 1.35 bits per heavy atom. The molecule has 31 heavy (non-hydrogen) atoms. The van der Waals surface area contributed by atoms with Gasteiger partial charge < -0.3 is 10.6 Å². The predicted octanol–water partition coefficient (Wildman–Crippen LogP) is 4.27. The molecule has 0 bridgehead atoms. The summed E-state index contributed by atoms with van der Waals surface area (Å²) in [5.41, 5.74) is 2.29. The summed E-state index contributed by atoms with van der Waals surface area (Å²) in [5, 5.41) is 26.8. The Bertz CT molecular complexity index is 1130. The Balaban J connectivity index is 1.75. The van der Waals surface area contributed by atoms with Crippen LogP contribution in [-0.4, -0.2) is 22.5 Å². The number of nitro benzene ring substituents is 1. The quantitative estimate of drug-likeness (QED) is 0.494. The summed E-state index contributed by atoms with van der Waals surface area (Å²) in [6, 6.07) is 13.0. The summed E-state index contributed by atoms with van der Waals surface area (Å²) in [5.74, 6) is -1.18. The molecule has 0 saturated carbocycles. The fraction of sp³-hybridized carbons (Fsp3) is 0.190. The number of thioether (sulfide) groups is 1. The third kappa shape index (κ3) is 5.42. The first-order valence-corrected chi connectivity index (χ1v) is 10.5. The zero-order valence-electron chi connectivity index (χ0n) is 16.3. The summed E-state index contributed by atoms with van der Waals surface area (Å²) in [4.78, 5) is 34.9. The number of hydrogen-bond donors (Lipinski definition) is 2. The van der Waals surface area contributed by atoms with Gasteiger partial charge in [0.15, 0.2) is 0 Å². The van der Waals surface area contributed by atoms with E-state index in [4.69, 9.17) is 11.6 Å². The zero-order chi connectivity index (χ0) is 22.5. The highest BCUT2D eigenvalue weighted by Crippen LogP contribution is 2.36. The van der Waals surface area contributed by atoms with Gasteiger partial charge in [0, 0.05) is 35.2 Å². The minimum absolute atomic E-state index is 0.0285. The number of nitrogens with zero attached hydrogens (tertiary/aromatic N) is 2. The van der Waals surface area contributed by atoms with E-state index < -0.39 is 10.8 Å². The van der Waals surface area contributed by atoms with E-state index in [0.717, 1.165) is 17.3 Å². The van der Waals surface area contributed by atoms with Crippen molar-refractivity contribution in [3.8, 4) is 6.07 Å². The van der Waals surface area contributed by atoms with Crippen molar-refractivity contribution in [3.05, 3.63) is 79.3 Å². The number of aryl methyl sites for hydroxylation is 1. The molecule has 0 aliphatic carbocycles. The molecule has 10 heteroatoms. The second kappa shape index (κ2) is 9.64. The van der Waals surface area contributed by atoms with Gasteiger partial charge in [0.2, 0.25) is 11.8 Å². The van der Waals surface area contributed by atoms with Crippen molar-refractivity contribution in [1.29, 1.82) is 5.26 Å². The maximum Gasteiger partial charge on any atom is 0.269 e. The van der Waals surface area contributed by atoms with Crippen molar-refractivity contribution in [3.63, 3.8) is 0 Å². The van der Waals surface area contributed by atoms with Crippen LogP contribution < -0.4 is 10.6 Å². The normalized spacial score (nSPS) is 15.8. The first kappa shape index (κ1) is 22.3. The van der Waals surface area contributed by atoms with Gasteiger partial charge >= 0.3 is 0 Å². The van der Waals surface area contributed by atoms with Crippen LogP contribution >= 0.6 is 23.4 Å². The molecular formula is C21H17ClN4O4S. The highest BCUT2D eigenvalue weighted by atomic mass is 35.5. The number of nitrogens with one attached hydrogen (secondary N) is 2. The number of allylic oxidation sites excluding steroid dienone is 1. The van der Waals surface area contributed by atoms with Crippen LogP contribution in [0.1, 0.15) is 23.5 Å². The Morgan fingerprint density at radius 3 is 2.68 bits per heavy atom. The van der Waals surface area contributed by atoms with Crippen LogP contribution in [0.3, 0.4) is 0 Å². The van der Waals surface area contributed by atoms with Crippen molar-refractivity contribution in [2.45, 2.75) is 19.3 Å². The summed E-state index contributed by atoms with van der Waals surface area (Å²) >= 11 is 7.11. The van der Waals surface area contributed by atoms with Gasteiger partial charge in [-0.1, -0.05) is 41.6 Å². The molecule has 0 aromatic heterocycles. The van der Waals surface area contributed by atoms with E-state index in [0.29, 0.717) is 26.9 Å². The zero-order valence-corrected chi connectivity index (χ0v) is 17.9. The second-order valence-corrected chi connectivity index (χ2v) is 8.20. The largest absolute Gasteiger partial charge is 0.325 e. The summed E-state index contributed by atoms with van der Waals surface area (Å²) in [6.45, 7) is 1.85. The highest BCUT2D eigenvalue weighted by molar-refractivity contribution is 8.03. The molecule has 0 spiro atoms. The molecule has 2 amide bonds. The number of carbonyl (C=O) groups excluding carboxylic acids is 2. The fourth-order valence-electron chi connectivity index (χ4n) is 3.05. The summed E-state index contributed by atoms with van der Waals surface area (Å²) in [7, 11) is 0. The van der Waals surface area contributed by atoms with Crippen LogP contribution in [0.2, 0.25) is 5.02 Å². The topological polar surface area (TPSA) is 125 Å². The number of rotatable bonds is 6. The number of nitriles is 1. The van der Waals surface area contributed by atoms with Gasteiger partial charge in [0.05, 0.1) is 27.3 Å². The summed E-state index contributed by atoms with van der Waals surface area (Å²) in [6.07, 6.45) is 0.0405. The standard InChI is InChI=1S/C21H17ClN4O4S/c1-12-2-5-14(8-18(12)22)24-20(28)11-31-21-17(10-23)16(9-19(27)25-21)13-3-6-15(7-4-13)26(29)30/h2-8,16H,9,11H2,1H3,(H,24,28)(H,25,27). The van der Waals surface area contributed by atoms with E-state index >= 15 is 0 Å². The number of hydrogen-bond acceptors (Lipinski definition) is 6. The van der Waals surface area contributed by atoms with Gasteiger partial charge in [0.25, 0.3) is 5.69 Å². The van der Waals surface area contributed by atoms with Gasteiger partial charge in [0.1, 0.15) is 0 Å². The molecule has 2 N–H and O–H groups in total. The first-order chi connectivity index (χ1) is 14.8. The lowest BCUT2D eigenvalue weighted by Gasteiger charge is -2.25. The number of carbonyl (C=O) groups is 2. The molecule has 1 aliphatic heterocycles. The van der Waals surface area contributed by atoms with E-state index in [-0.39, 0.29) is 29.7 Å². The van der Waals surface area contributed by atoms with E-state index in [1.54, 1.807) is 18.2 Å². The van der Waals surface area contributed by atoms with E-state index in [1.165, 1.54) is 24.3 Å². The van der Waals surface area contributed by atoms with Crippen molar-refractivity contribution >= 4 is 46.6 Å². The van der Waals surface area contributed by atoms with Crippen molar-refractivity contribution < 1.29 is 14.5 Å². The van der Waals surface area contributed by atoms with Crippen LogP contribution in [0.25, 0.3) is 0 Å². The minimum atomic E-state index is -0.541. The molecule has 1 unspecified atom stereocenters. The van der Waals surface area contributed by atoms with Crippen LogP contribution in [0, 0.1) is 28.4 Å². The number of halogens is 1. The number of benzene rings is 2. The monoisotopic (exact) mass is 456 g/mol. The third-order valence-corrected chi connectivity index (χ3v) is 6.09. The fourth-order valence-corrected chi connectivity index (χ4v) is 4.11. The van der Waals surface area contributed by atoms with Crippen LogP contribution in [0.15, 0.2) is 53.1 Å². The predicted molar refractivity (Wildman–Crippen MR) is 119 cm³/mol. The maximum atomic E-state index is 12.3. The number of non-ortho nitro benzene ring substituents is 1. The molecule has 1 heterocycles. The van der Waals surface area contributed by atoms with E-state index in [2.05, 4.69) is 16.7 Å². The molecule has 3 rings (SSSR count). The highest BCUT2D eigenvalue weighted by Gasteiger charge is 2.30. The lowest BCUT2D eigenvalue weighted by Crippen LogP contribution is -2.31. The van der Waals surface area contributed by atoms with Crippen LogP contribution in [0.5, 0.6) is 0 Å². The molecule has 158 valence electrons. The third-order valence-electron chi connectivity index (χ3n) is 4.67. The summed E-state index contributed by atoms with van der Waals surface area (Å²) < 4.78 is 0. The van der Waals surface area contributed by atoms with Crippen molar-refractivity contribution in [2.24, 2.45) is 0 Å². The smallest absolute Gasteiger partial charge is 0.269 e. The number of anilines is 1. The minimum Gasteiger partial charge on any atom is -0.325 e. The van der Waals surface area contributed by atoms with E-state index in [9.17, 15) is 25.0 Å². The van der Waals surface area contributed by atoms with Gasteiger partial charge in [-0.25, -0.2) is 0 Å². The number of amides is 2. The van der Waals surface area contributed by atoms with Gasteiger partial charge in [-0.05, 0) is 30.2 Å². The van der Waals surface area contributed by atoms with Gasteiger partial charge in [-0.2, -0.15) is 5.26 Å². The molecule has 0 saturated heterocycles. The molecule has 0 radical (unpaired) electrons. The lowest BCUT2D eigenvalue weighted by atomic mass is 9.87. The molecule has 1 aliphatic rings. The van der Waals surface area contributed by atoms with Crippen molar-refractivity contribution in [2.75, 3.05) is 11.1 Å². The van der Waals surface area contributed by atoms with Gasteiger partial charge in [-0.3, -0.25) is 19.7 Å². The van der Waals surface area contributed by atoms with Crippen molar-refractivity contribution in [1.82, 2.24) is 5.32 Å². The molecule has 8 nitrogen and oxygen atoms in total. The Labute approximate surface area is 187 Å². The first-order valence-electron chi connectivity index (χ1n) is 9.15. The lowest BCUT2D eigenvalue weighted by molar-refractivity contribution is -0.384. The molecule has 2 aromatic rings. The maximum absolute atomic E-state index is 12.3. The SMILES string of the molecule is Cc1ccc(NC(=O)CSC2=C(C#N)C(c3ccc([N+](=O)[O-])cc3)CC(=O)N2)cc1Cl. The molecule has 2 aromatic carbocycles. The average molecular weight is 457 g/mol. The molecule has 0 fully saturated rings. The Kier molecular flexibility index (Phi) is 6.95. The Hall–Kier alpha value is -3.35. The van der Waals surface area contributed by atoms with Gasteiger partial charge in [-0.15, -0.1) is 0 Å². The number of nitro groups is 1. The molecular weight excluding hydrogens is 440 g/mol. The average Bonchev–Trinajstić information content (AvgIpc) is 2.74. The molecule has 1 atom stereocenters. The second-order valence-electron chi connectivity index (χ2n) is 6.81. The van der Waals surface area contributed by atoms with Crippen LogP contribution in [-0.2, 0) is 9.59 Å². The van der Waals surface area contributed by atoms with Crippen LogP contribution in [0.4, 0.5) is 11.4 Å². The van der Waals surface area contributed by atoms with E-state index in [1.807, 2.05) is 6.92 Å².